The zero-order chi connectivity index (χ0) is 20.9. The molecule has 4 aliphatic rings. The van der Waals surface area contributed by atoms with E-state index in [-0.39, 0.29) is 16.6 Å². The maximum absolute atomic E-state index is 7.19. The quantitative estimate of drug-likeness (QED) is 0.275. The van der Waals surface area contributed by atoms with Crippen LogP contribution in [0, 0.1) is 17.3 Å². The van der Waals surface area contributed by atoms with Crippen LogP contribution in [0.4, 0.5) is 0 Å². The molecule has 166 valence electrons. The Hall–Kier alpha value is 0.537. The number of fused-ring (bicyclic) bond motifs is 1. The molecule has 0 aromatic carbocycles. The molecule has 29 heavy (non-hydrogen) atoms. The van der Waals surface area contributed by atoms with Gasteiger partial charge in [0.1, 0.15) is 6.79 Å². The number of hydrogen-bond donors (Lipinski definition) is 0. The summed E-state index contributed by atoms with van der Waals surface area (Å²) < 4.78 is 18.8. The molecule has 0 bridgehead atoms. The summed E-state index contributed by atoms with van der Waals surface area (Å²) in [6, 6.07) is 0. The third-order valence-corrected chi connectivity index (χ3v) is 16.4. The molecule has 3 fully saturated rings. The molecule has 4 rings (SSSR count). The van der Waals surface area contributed by atoms with Crippen molar-refractivity contribution >= 4 is 31.8 Å². The van der Waals surface area contributed by atoms with E-state index in [1.807, 2.05) is 0 Å². The van der Waals surface area contributed by atoms with E-state index in [9.17, 15) is 0 Å². The van der Waals surface area contributed by atoms with Gasteiger partial charge >= 0.3 is 0 Å². The minimum absolute atomic E-state index is 0.189. The molecule has 0 aromatic rings. The molecular formula is C23H40O3S2Si. The van der Waals surface area contributed by atoms with Gasteiger partial charge in [-0.25, -0.2) is 0 Å². The van der Waals surface area contributed by atoms with Crippen LogP contribution in [-0.2, 0) is 13.9 Å². The normalized spacial score (nSPS) is 39.0. The summed E-state index contributed by atoms with van der Waals surface area (Å²) in [4.78, 5) is 0. The topological polar surface area (TPSA) is 27.7 Å². The van der Waals surface area contributed by atoms with Crippen LogP contribution < -0.4 is 0 Å². The van der Waals surface area contributed by atoms with Gasteiger partial charge in [-0.2, -0.15) is 0 Å². The fourth-order valence-electron chi connectivity index (χ4n) is 6.02. The zero-order valence-corrected chi connectivity index (χ0v) is 21.8. The van der Waals surface area contributed by atoms with Crippen LogP contribution in [0.1, 0.15) is 52.9 Å². The first-order valence-corrected chi connectivity index (χ1v) is 16.3. The predicted octanol–water partition coefficient (Wildman–Crippen LogP) is 6.31. The van der Waals surface area contributed by atoms with E-state index in [4.69, 9.17) is 13.9 Å². The second-order valence-electron chi connectivity index (χ2n) is 11.0. The van der Waals surface area contributed by atoms with Crippen molar-refractivity contribution in [1.29, 1.82) is 0 Å². The monoisotopic (exact) mass is 456 g/mol. The summed E-state index contributed by atoms with van der Waals surface area (Å²) in [6.07, 6.45) is 11.8. The van der Waals surface area contributed by atoms with E-state index in [1.54, 1.807) is 7.11 Å². The van der Waals surface area contributed by atoms with Crippen molar-refractivity contribution in [3.8, 4) is 0 Å². The standard InChI is InChI=1S/C23H40O3S2Si/c1-21(2,3)29(5,6)26-20-9-8-19-22(20)11-10-18(25-16-24-4)14-17(22)15-23(19)27-12-7-13-28-23/h10-11,17-20H,7-9,12-16H2,1-6H3/t17-,18-,19+,20+,22+/m1/s1. The highest BCUT2D eigenvalue weighted by Crippen LogP contribution is 2.72. The highest BCUT2D eigenvalue weighted by atomic mass is 32.2. The molecule has 2 saturated carbocycles. The summed E-state index contributed by atoms with van der Waals surface area (Å²) in [6.45, 7) is 12.4. The summed E-state index contributed by atoms with van der Waals surface area (Å²) >= 11 is 4.55. The summed E-state index contributed by atoms with van der Waals surface area (Å²) in [5.41, 5.74) is 0.208. The second-order valence-corrected chi connectivity index (χ2v) is 18.8. The molecule has 0 N–H and O–H groups in total. The Balaban J connectivity index is 1.66. The lowest BCUT2D eigenvalue weighted by Gasteiger charge is -2.48. The molecule has 0 radical (unpaired) electrons. The Kier molecular flexibility index (Phi) is 6.38. The van der Waals surface area contributed by atoms with E-state index in [0.29, 0.717) is 22.9 Å². The molecule has 1 aliphatic heterocycles. The number of rotatable bonds is 5. The van der Waals surface area contributed by atoms with Crippen LogP contribution in [0.25, 0.3) is 0 Å². The lowest BCUT2D eigenvalue weighted by atomic mass is 9.67. The van der Waals surface area contributed by atoms with Crippen LogP contribution in [0.2, 0.25) is 18.1 Å². The maximum Gasteiger partial charge on any atom is 0.192 e. The predicted molar refractivity (Wildman–Crippen MR) is 128 cm³/mol. The van der Waals surface area contributed by atoms with Crippen LogP contribution in [-0.4, -0.2) is 50.0 Å². The van der Waals surface area contributed by atoms with Gasteiger partial charge in [0, 0.05) is 12.5 Å². The van der Waals surface area contributed by atoms with Gasteiger partial charge in [-0.15, -0.1) is 23.5 Å². The third-order valence-electron chi connectivity index (χ3n) is 8.39. The highest BCUT2D eigenvalue weighted by molar-refractivity contribution is 8.18. The van der Waals surface area contributed by atoms with Crippen molar-refractivity contribution in [2.45, 2.75) is 87.3 Å². The van der Waals surface area contributed by atoms with E-state index in [2.05, 4.69) is 69.5 Å². The Morgan fingerprint density at radius 1 is 1.14 bits per heavy atom. The molecule has 0 aromatic heterocycles. The van der Waals surface area contributed by atoms with Gasteiger partial charge in [0.2, 0.25) is 0 Å². The summed E-state index contributed by atoms with van der Waals surface area (Å²) in [7, 11) is -0.0968. The van der Waals surface area contributed by atoms with Gasteiger partial charge in [-0.3, -0.25) is 0 Å². The fraction of sp³-hybridized carbons (Fsp3) is 0.913. The largest absolute Gasteiger partial charge is 0.413 e. The lowest BCUT2D eigenvalue weighted by Crippen LogP contribution is -2.50. The Morgan fingerprint density at radius 3 is 2.52 bits per heavy atom. The average Bonchev–Trinajstić information content (AvgIpc) is 3.13. The number of thioether (sulfide) groups is 2. The van der Waals surface area contributed by atoms with Gasteiger partial charge in [0.15, 0.2) is 8.32 Å². The molecule has 2 spiro atoms. The first-order valence-electron chi connectivity index (χ1n) is 11.4. The Morgan fingerprint density at radius 2 is 1.86 bits per heavy atom. The number of hydrogen-bond acceptors (Lipinski definition) is 5. The highest BCUT2D eigenvalue weighted by Gasteiger charge is 2.68. The smallest absolute Gasteiger partial charge is 0.192 e. The SMILES string of the molecule is COCO[C@@H]1C=C[C@]23[C@H](C1)CC1(SCCCS1)[C@H]2CC[C@@H]3O[Si](C)(C)C(C)(C)C. The van der Waals surface area contributed by atoms with Crippen molar-refractivity contribution in [3.63, 3.8) is 0 Å². The minimum atomic E-state index is -1.81. The fourth-order valence-corrected chi connectivity index (χ4v) is 11.4. The van der Waals surface area contributed by atoms with Crippen LogP contribution in [0.15, 0.2) is 12.2 Å². The molecular weight excluding hydrogens is 416 g/mol. The van der Waals surface area contributed by atoms with Crippen molar-refractivity contribution in [2.24, 2.45) is 17.3 Å². The van der Waals surface area contributed by atoms with E-state index >= 15 is 0 Å². The van der Waals surface area contributed by atoms with E-state index in [1.165, 1.54) is 37.2 Å². The second kappa shape index (κ2) is 8.15. The van der Waals surface area contributed by atoms with Crippen LogP contribution >= 0.6 is 23.5 Å². The van der Waals surface area contributed by atoms with Gasteiger partial charge in [-0.05, 0) is 73.6 Å². The molecule has 3 nitrogen and oxygen atoms in total. The van der Waals surface area contributed by atoms with Crippen LogP contribution in [0.3, 0.4) is 0 Å². The van der Waals surface area contributed by atoms with Gasteiger partial charge in [-0.1, -0.05) is 32.9 Å². The minimum Gasteiger partial charge on any atom is -0.413 e. The lowest BCUT2D eigenvalue weighted by molar-refractivity contribution is -0.0744. The zero-order valence-electron chi connectivity index (χ0n) is 19.2. The first-order chi connectivity index (χ1) is 13.6. The van der Waals surface area contributed by atoms with E-state index in [0.717, 1.165) is 12.3 Å². The molecule has 0 unspecified atom stereocenters. The van der Waals surface area contributed by atoms with Crippen molar-refractivity contribution in [2.75, 3.05) is 25.4 Å². The first kappa shape index (κ1) is 22.7. The number of ether oxygens (including phenoxy) is 2. The Labute approximate surface area is 187 Å². The summed E-state index contributed by atoms with van der Waals surface area (Å²) in [5, 5.41) is 0.254. The maximum atomic E-state index is 7.19. The molecule has 1 saturated heterocycles. The van der Waals surface area contributed by atoms with Gasteiger partial charge < -0.3 is 13.9 Å². The van der Waals surface area contributed by atoms with Gasteiger partial charge in [0.25, 0.3) is 0 Å². The van der Waals surface area contributed by atoms with Crippen molar-refractivity contribution in [3.05, 3.63) is 12.2 Å². The molecule has 3 aliphatic carbocycles. The van der Waals surface area contributed by atoms with Crippen molar-refractivity contribution < 1.29 is 13.9 Å². The average molecular weight is 457 g/mol. The third kappa shape index (κ3) is 3.82. The summed E-state index contributed by atoms with van der Waals surface area (Å²) in [5.74, 6) is 4.06. The molecule has 6 heteroatoms. The molecule has 5 atom stereocenters. The molecule has 1 heterocycles. The van der Waals surface area contributed by atoms with Gasteiger partial charge in [0.05, 0.1) is 16.3 Å². The number of methoxy groups -OCH3 is 1. The molecule has 0 amide bonds. The van der Waals surface area contributed by atoms with Crippen molar-refractivity contribution in [1.82, 2.24) is 0 Å². The van der Waals surface area contributed by atoms with E-state index < -0.39 is 8.32 Å². The Bertz CT molecular complexity index is 626. The van der Waals surface area contributed by atoms with Crippen LogP contribution in [0.5, 0.6) is 0 Å².